The largest absolute Gasteiger partial charge is 0.355 e. The number of piperidine rings is 1. The van der Waals surface area contributed by atoms with Crippen LogP contribution < -0.4 is 5.32 Å². The molecule has 106 valence electrons. The molecule has 0 bridgehead atoms. The molecule has 4 nitrogen and oxygen atoms in total. The molecule has 0 radical (unpaired) electrons. The normalized spacial score (nSPS) is 21.2. The Hall–Kier alpha value is -0.610. The predicted molar refractivity (Wildman–Crippen MR) is 75.7 cm³/mol. The van der Waals surface area contributed by atoms with Gasteiger partial charge in [0.2, 0.25) is 5.91 Å². The van der Waals surface area contributed by atoms with E-state index in [2.05, 4.69) is 22.0 Å². The van der Waals surface area contributed by atoms with Crippen LogP contribution in [0.4, 0.5) is 0 Å². The van der Waals surface area contributed by atoms with Crippen molar-refractivity contribution in [2.75, 3.05) is 40.3 Å². The molecule has 1 saturated heterocycles. The maximum atomic E-state index is 11.7. The molecule has 1 atom stereocenters. The Balaban J connectivity index is 2.16. The first kappa shape index (κ1) is 15.4. The van der Waals surface area contributed by atoms with Gasteiger partial charge in [0.15, 0.2) is 0 Å². The number of amides is 1. The van der Waals surface area contributed by atoms with Gasteiger partial charge in [-0.05, 0) is 39.9 Å². The molecule has 18 heavy (non-hydrogen) atoms. The molecule has 1 fully saturated rings. The van der Waals surface area contributed by atoms with E-state index in [1.165, 1.54) is 32.2 Å². The van der Waals surface area contributed by atoms with Crippen LogP contribution in [0.25, 0.3) is 0 Å². The number of likely N-dealkylation sites (tertiary alicyclic amines) is 1. The number of nitrogens with zero attached hydrogens (tertiary/aromatic N) is 2. The van der Waals surface area contributed by atoms with Crippen LogP contribution in [0.15, 0.2) is 0 Å². The fourth-order valence-corrected chi connectivity index (χ4v) is 2.57. The highest BCUT2D eigenvalue weighted by Crippen LogP contribution is 2.19. The highest BCUT2D eigenvalue weighted by molar-refractivity contribution is 5.76. The van der Waals surface area contributed by atoms with Gasteiger partial charge in [0.1, 0.15) is 0 Å². The third kappa shape index (κ3) is 5.83. The lowest BCUT2D eigenvalue weighted by Crippen LogP contribution is -2.41. The van der Waals surface area contributed by atoms with Gasteiger partial charge in [0.05, 0.1) is 0 Å². The van der Waals surface area contributed by atoms with Crippen molar-refractivity contribution < 1.29 is 4.79 Å². The fraction of sp³-hybridized carbons (Fsp3) is 0.929. The van der Waals surface area contributed by atoms with Gasteiger partial charge in [-0.2, -0.15) is 0 Å². The maximum Gasteiger partial charge on any atom is 0.221 e. The van der Waals surface area contributed by atoms with Crippen molar-refractivity contribution in [2.24, 2.45) is 0 Å². The molecule has 1 aliphatic rings. The zero-order valence-electron chi connectivity index (χ0n) is 12.2. The van der Waals surface area contributed by atoms with E-state index in [0.29, 0.717) is 12.5 Å². The minimum Gasteiger partial charge on any atom is -0.355 e. The number of rotatable bonds is 7. The molecule has 0 aromatic rings. The van der Waals surface area contributed by atoms with Crippen molar-refractivity contribution in [3.8, 4) is 0 Å². The number of carbonyl (C=O) groups excluding carboxylic acids is 1. The Morgan fingerprint density at radius 3 is 2.83 bits per heavy atom. The van der Waals surface area contributed by atoms with Crippen molar-refractivity contribution in [1.29, 1.82) is 0 Å². The minimum absolute atomic E-state index is 0.192. The quantitative estimate of drug-likeness (QED) is 0.745. The van der Waals surface area contributed by atoms with Crippen molar-refractivity contribution >= 4 is 5.91 Å². The van der Waals surface area contributed by atoms with Gasteiger partial charge >= 0.3 is 0 Å². The molecule has 1 aliphatic heterocycles. The average Bonchev–Trinajstić information content (AvgIpc) is 2.36. The Morgan fingerprint density at radius 2 is 2.17 bits per heavy atom. The molecule has 1 unspecified atom stereocenters. The molecule has 1 amide bonds. The molecule has 1 rings (SSSR count). The molecular formula is C14H29N3O. The van der Waals surface area contributed by atoms with Crippen molar-refractivity contribution in [3.63, 3.8) is 0 Å². The summed E-state index contributed by atoms with van der Waals surface area (Å²) in [5.41, 5.74) is 0. The maximum absolute atomic E-state index is 11.7. The summed E-state index contributed by atoms with van der Waals surface area (Å²) in [6, 6.07) is 0.702. The highest BCUT2D eigenvalue weighted by Gasteiger charge is 2.20. The summed E-state index contributed by atoms with van der Waals surface area (Å²) in [7, 11) is 4.04. The summed E-state index contributed by atoms with van der Waals surface area (Å²) in [6.45, 7) is 6.01. The van der Waals surface area contributed by atoms with Crippen molar-refractivity contribution in [3.05, 3.63) is 0 Å². The van der Waals surface area contributed by atoms with Gasteiger partial charge < -0.3 is 10.2 Å². The average molecular weight is 255 g/mol. The van der Waals surface area contributed by atoms with Crippen LogP contribution in [-0.4, -0.2) is 62.0 Å². The van der Waals surface area contributed by atoms with E-state index in [1.54, 1.807) is 0 Å². The molecule has 1 heterocycles. The molecule has 0 spiro atoms. The van der Waals surface area contributed by atoms with Crippen LogP contribution in [-0.2, 0) is 4.79 Å². The lowest BCUT2D eigenvalue weighted by atomic mass is 10.00. The lowest BCUT2D eigenvalue weighted by Gasteiger charge is -2.35. The van der Waals surface area contributed by atoms with E-state index in [-0.39, 0.29) is 5.91 Å². The predicted octanol–water partition coefficient (Wildman–Crippen LogP) is 1.32. The first-order chi connectivity index (χ1) is 8.63. The van der Waals surface area contributed by atoms with Gasteiger partial charge in [0.25, 0.3) is 0 Å². The molecule has 1 N–H and O–H groups in total. The summed E-state index contributed by atoms with van der Waals surface area (Å²) >= 11 is 0. The second kappa shape index (κ2) is 8.48. The van der Waals surface area contributed by atoms with Crippen LogP contribution in [0.3, 0.4) is 0 Å². The molecule has 0 saturated carbocycles. The number of hydrogen-bond acceptors (Lipinski definition) is 3. The van der Waals surface area contributed by atoms with E-state index >= 15 is 0 Å². The summed E-state index contributed by atoms with van der Waals surface area (Å²) in [4.78, 5) is 16.3. The van der Waals surface area contributed by atoms with Crippen molar-refractivity contribution in [1.82, 2.24) is 15.1 Å². The van der Waals surface area contributed by atoms with E-state index in [4.69, 9.17) is 0 Å². The summed E-state index contributed by atoms with van der Waals surface area (Å²) < 4.78 is 0. The van der Waals surface area contributed by atoms with Crippen molar-refractivity contribution in [2.45, 2.75) is 45.1 Å². The van der Waals surface area contributed by atoms with E-state index < -0.39 is 0 Å². The van der Waals surface area contributed by atoms with Gasteiger partial charge in [-0.15, -0.1) is 0 Å². The molecule has 0 aliphatic carbocycles. The van der Waals surface area contributed by atoms with Crippen LogP contribution in [0.5, 0.6) is 0 Å². The first-order valence-electron chi connectivity index (χ1n) is 7.29. The first-order valence-corrected chi connectivity index (χ1v) is 7.29. The van der Waals surface area contributed by atoms with Gasteiger partial charge in [-0.1, -0.05) is 13.3 Å². The molecule has 0 aromatic heterocycles. The van der Waals surface area contributed by atoms with Gasteiger partial charge in [-0.25, -0.2) is 0 Å². The van der Waals surface area contributed by atoms with E-state index in [9.17, 15) is 4.79 Å². The number of likely N-dealkylation sites (N-methyl/N-ethyl adjacent to an activating group) is 1. The summed E-state index contributed by atoms with van der Waals surface area (Å²) in [6.07, 6.45) is 5.80. The second-order valence-corrected chi connectivity index (χ2v) is 5.50. The van der Waals surface area contributed by atoms with Crippen LogP contribution in [0, 0.1) is 0 Å². The van der Waals surface area contributed by atoms with Gasteiger partial charge in [0, 0.05) is 32.1 Å². The zero-order chi connectivity index (χ0) is 13.4. The van der Waals surface area contributed by atoms with E-state index in [1.807, 2.05) is 14.1 Å². The smallest absolute Gasteiger partial charge is 0.221 e. The Morgan fingerprint density at radius 1 is 1.39 bits per heavy atom. The molecular weight excluding hydrogens is 226 g/mol. The standard InChI is InChI=1S/C14H29N3O/c1-4-13-7-5-6-10-17(13)11-8-14(18)15-9-12-16(2)3/h13H,4-12H2,1-3H3,(H,15,18). The topological polar surface area (TPSA) is 35.6 Å². The third-order valence-electron chi connectivity index (χ3n) is 3.73. The molecule has 0 aromatic carbocycles. The monoisotopic (exact) mass is 255 g/mol. The third-order valence-corrected chi connectivity index (χ3v) is 3.73. The molecule has 4 heteroatoms. The number of hydrogen-bond donors (Lipinski definition) is 1. The number of nitrogens with one attached hydrogen (secondary N) is 1. The zero-order valence-corrected chi connectivity index (χ0v) is 12.2. The Kier molecular flexibility index (Phi) is 7.28. The summed E-state index contributed by atoms with van der Waals surface area (Å²) in [5, 5.41) is 2.98. The van der Waals surface area contributed by atoms with Gasteiger partial charge in [-0.3, -0.25) is 9.69 Å². The SMILES string of the molecule is CCC1CCCCN1CCC(=O)NCCN(C)C. The summed E-state index contributed by atoms with van der Waals surface area (Å²) in [5.74, 6) is 0.192. The number of carbonyl (C=O) groups is 1. The fourth-order valence-electron chi connectivity index (χ4n) is 2.57. The van der Waals surface area contributed by atoms with E-state index in [0.717, 1.165) is 19.6 Å². The van der Waals surface area contributed by atoms with Crippen LogP contribution in [0.2, 0.25) is 0 Å². The lowest BCUT2D eigenvalue weighted by molar-refractivity contribution is -0.121. The van der Waals surface area contributed by atoms with Crippen LogP contribution >= 0.6 is 0 Å². The Bertz CT molecular complexity index is 243. The highest BCUT2D eigenvalue weighted by atomic mass is 16.1. The van der Waals surface area contributed by atoms with Crippen LogP contribution in [0.1, 0.15) is 39.0 Å². The second-order valence-electron chi connectivity index (χ2n) is 5.50. The minimum atomic E-state index is 0.192. The Labute approximate surface area is 112 Å².